The van der Waals surface area contributed by atoms with Crippen molar-refractivity contribution in [3.63, 3.8) is 0 Å². The van der Waals surface area contributed by atoms with Gasteiger partial charge in [0.1, 0.15) is 0 Å². The molecule has 166 valence electrons. The molecule has 0 aliphatic carbocycles. The highest BCUT2D eigenvalue weighted by atomic mass is 127. The average Bonchev–Trinajstić information content (AvgIpc) is 2.68. The Morgan fingerprint density at radius 2 is 1.83 bits per heavy atom. The number of aliphatic imine (C=N–C) groups is 1. The van der Waals surface area contributed by atoms with E-state index in [0.29, 0.717) is 43.6 Å². The maximum atomic E-state index is 12.5. The summed E-state index contributed by atoms with van der Waals surface area (Å²) in [6, 6.07) is 3.62. The molecule has 2 rings (SSSR count). The molecule has 29 heavy (non-hydrogen) atoms. The first kappa shape index (κ1) is 25.5. The number of hydrogen-bond donors (Lipinski definition) is 3. The molecule has 1 saturated heterocycles. The summed E-state index contributed by atoms with van der Waals surface area (Å²) in [7, 11) is 2.96. The normalized spacial score (nSPS) is 15.7. The molecule has 0 spiro atoms. The molecule has 1 heterocycles. The lowest BCUT2D eigenvalue weighted by atomic mass is 10.1. The number of phenolic OH excluding ortho intramolecular Hbond substituents is 1. The Kier molecular flexibility index (Phi) is 11.3. The summed E-state index contributed by atoms with van der Waals surface area (Å²) in [4.78, 5) is 6.39. The van der Waals surface area contributed by atoms with Crippen LogP contribution in [-0.2, 0) is 6.54 Å². The van der Waals surface area contributed by atoms with E-state index in [0.717, 1.165) is 18.4 Å². The van der Waals surface area contributed by atoms with Crippen LogP contribution in [0, 0.1) is 0 Å². The van der Waals surface area contributed by atoms with Crippen molar-refractivity contribution in [3.05, 3.63) is 17.7 Å². The zero-order chi connectivity index (χ0) is 20.5. The van der Waals surface area contributed by atoms with Crippen LogP contribution in [0.25, 0.3) is 0 Å². The number of alkyl halides is 2. The number of piperidine rings is 1. The van der Waals surface area contributed by atoms with Crippen molar-refractivity contribution in [1.29, 1.82) is 0 Å². The molecule has 7 nitrogen and oxygen atoms in total. The molecule has 1 aliphatic rings. The van der Waals surface area contributed by atoms with Crippen molar-refractivity contribution < 1.29 is 23.4 Å². The Bertz CT molecular complexity index is 631. The predicted octanol–water partition coefficient (Wildman–Crippen LogP) is 2.81. The summed E-state index contributed by atoms with van der Waals surface area (Å²) in [6.45, 7) is 4.19. The quantitative estimate of drug-likeness (QED) is 0.274. The summed E-state index contributed by atoms with van der Waals surface area (Å²) in [5.74, 6) is 1.28. The summed E-state index contributed by atoms with van der Waals surface area (Å²) >= 11 is 0. The fourth-order valence-electron chi connectivity index (χ4n) is 3.18. The third kappa shape index (κ3) is 8.00. The van der Waals surface area contributed by atoms with E-state index in [1.807, 2.05) is 6.92 Å². The number of nitrogens with one attached hydrogen (secondary N) is 2. The largest absolute Gasteiger partial charge is 0.502 e. The van der Waals surface area contributed by atoms with Gasteiger partial charge in [0.2, 0.25) is 5.75 Å². The van der Waals surface area contributed by atoms with Crippen LogP contribution < -0.4 is 20.1 Å². The van der Waals surface area contributed by atoms with Crippen LogP contribution in [0.4, 0.5) is 8.78 Å². The van der Waals surface area contributed by atoms with Gasteiger partial charge in [-0.05, 0) is 37.5 Å². The van der Waals surface area contributed by atoms with Crippen molar-refractivity contribution in [3.8, 4) is 17.2 Å². The van der Waals surface area contributed by atoms with Crippen LogP contribution in [0.15, 0.2) is 17.1 Å². The SMILES string of the molecule is CCNC(=NCc1cc(OC)c(O)c(OC)c1)NC1CCN(CC(F)F)CC1.I. The molecule has 0 bridgehead atoms. The minimum Gasteiger partial charge on any atom is -0.502 e. The standard InChI is InChI=1S/C19H30F2N4O3.HI/c1-4-22-19(24-14-5-7-25(8-6-14)12-17(20)21)23-11-13-9-15(27-2)18(26)16(10-13)28-3;/h9-10,14,17,26H,4-8,11-12H2,1-3H3,(H2,22,23,24);1H. The van der Waals surface area contributed by atoms with Gasteiger partial charge in [-0.25, -0.2) is 13.8 Å². The lowest BCUT2D eigenvalue weighted by molar-refractivity contribution is 0.0744. The second kappa shape index (κ2) is 12.9. The number of hydrogen-bond acceptors (Lipinski definition) is 5. The first-order chi connectivity index (χ1) is 13.5. The molecule has 0 amide bonds. The summed E-state index contributed by atoms with van der Waals surface area (Å²) < 4.78 is 35.4. The topological polar surface area (TPSA) is 78.4 Å². The molecule has 1 aromatic rings. The van der Waals surface area contributed by atoms with Crippen LogP contribution >= 0.6 is 24.0 Å². The fraction of sp³-hybridized carbons (Fsp3) is 0.632. The number of guanidine groups is 1. The zero-order valence-corrected chi connectivity index (χ0v) is 19.4. The van der Waals surface area contributed by atoms with E-state index in [-0.39, 0.29) is 42.3 Å². The molecular weight excluding hydrogens is 497 g/mol. The van der Waals surface area contributed by atoms with Crippen molar-refractivity contribution in [2.24, 2.45) is 4.99 Å². The lowest BCUT2D eigenvalue weighted by Crippen LogP contribution is -2.49. The van der Waals surface area contributed by atoms with Gasteiger partial charge in [0, 0.05) is 25.7 Å². The molecule has 0 saturated carbocycles. The average molecular weight is 528 g/mol. The molecule has 10 heteroatoms. The van der Waals surface area contributed by atoms with Crippen LogP contribution in [-0.4, -0.2) is 68.8 Å². The highest BCUT2D eigenvalue weighted by Gasteiger charge is 2.22. The fourth-order valence-corrected chi connectivity index (χ4v) is 3.18. The van der Waals surface area contributed by atoms with E-state index in [1.54, 1.807) is 17.0 Å². The van der Waals surface area contributed by atoms with Crippen molar-refractivity contribution in [2.75, 3.05) is 40.4 Å². The smallest absolute Gasteiger partial charge is 0.251 e. The van der Waals surface area contributed by atoms with E-state index in [9.17, 15) is 13.9 Å². The van der Waals surface area contributed by atoms with Gasteiger partial charge in [0.25, 0.3) is 6.43 Å². The molecule has 1 aliphatic heterocycles. The lowest BCUT2D eigenvalue weighted by Gasteiger charge is -2.32. The van der Waals surface area contributed by atoms with Crippen LogP contribution in [0.1, 0.15) is 25.3 Å². The van der Waals surface area contributed by atoms with Crippen molar-refractivity contribution >= 4 is 29.9 Å². The Labute approximate surface area is 187 Å². The monoisotopic (exact) mass is 528 g/mol. The highest BCUT2D eigenvalue weighted by Crippen LogP contribution is 2.37. The second-order valence-corrected chi connectivity index (χ2v) is 6.65. The highest BCUT2D eigenvalue weighted by molar-refractivity contribution is 14.0. The van der Waals surface area contributed by atoms with Crippen LogP contribution in [0.3, 0.4) is 0 Å². The van der Waals surface area contributed by atoms with Gasteiger partial charge in [0.05, 0.1) is 27.3 Å². The van der Waals surface area contributed by atoms with E-state index in [4.69, 9.17) is 9.47 Å². The molecule has 0 aromatic heterocycles. The van der Waals surface area contributed by atoms with Crippen molar-refractivity contribution in [2.45, 2.75) is 38.8 Å². The third-order valence-corrected chi connectivity index (χ3v) is 4.63. The molecule has 0 radical (unpaired) electrons. The zero-order valence-electron chi connectivity index (χ0n) is 17.1. The van der Waals surface area contributed by atoms with E-state index < -0.39 is 6.43 Å². The number of likely N-dealkylation sites (tertiary alicyclic amines) is 1. The molecule has 1 fully saturated rings. The van der Waals surface area contributed by atoms with Gasteiger partial charge < -0.3 is 25.2 Å². The number of benzene rings is 1. The van der Waals surface area contributed by atoms with Gasteiger partial charge in [-0.1, -0.05) is 0 Å². The Hall–Kier alpha value is -1.56. The van der Waals surface area contributed by atoms with E-state index >= 15 is 0 Å². The third-order valence-electron chi connectivity index (χ3n) is 4.63. The number of phenols is 1. The van der Waals surface area contributed by atoms with Crippen LogP contribution in [0.5, 0.6) is 17.2 Å². The maximum Gasteiger partial charge on any atom is 0.251 e. The first-order valence-electron chi connectivity index (χ1n) is 9.46. The van der Waals surface area contributed by atoms with Gasteiger partial charge in [-0.15, -0.1) is 24.0 Å². The number of aromatic hydroxyl groups is 1. The van der Waals surface area contributed by atoms with Gasteiger partial charge in [-0.2, -0.15) is 0 Å². The minimum atomic E-state index is -2.29. The second-order valence-electron chi connectivity index (χ2n) is 6.65. The van der Waals surface area contributed by atoms with Gasteiger partial charge in [0.15, 0.2) is 17.5 Å². The predicted molar refractivity (Wildman–Crippen MR) is 120 cm³/mol. The molecule has 0 unspecified atom stereocenters. The number of ether oxygens (including phenoxy) is 2. The molecule has 3 N–H and O–H groups in total. The maximum absolute atomic E-state index is 12.5. The number of rotatable bonds is 8. The minimum absolute atomic E-state index is 0. The number of nitrogens with zero attached hydrogens (tertiary/aromatic N) is 2. The summed E-state index contributed by atoms with van der Waals surface area (Å²) in [5.41, 5.74) is 0.829. The Morgan fingerprint density at radius 3 is 2.31 bits per heavy atom. The molecular formula is C19H31F2IN4O3. The van der Waals surface area contributed by atoms with Crippen molar-refractivity contribution in [1.82, 2.24) is 15.5 Å². The van der Waals surface area contributed by atoms with E-state index in [1.165, 1.54) is 14.2 Å². The molecule has 0 atom stereocenters. The molecule has 1 aromatic carbocycles. The van der Waals surface area contributed by atoms with Gasteiger partial charge >= 0.3 is 0 Å². The van der Waals surface area contributed by atoms with Crippen LogP contribution in [0.2, 0.25) is 0 Å². The van der Waals surface area contributed by atoms with Gasteiger partial charge in [-0.3, -0.25) is 4.90 Å². The summed E-state index contributed by atoms with van der Waals surface area (Å²) in [5, 5.41) is 16.6. The number of halogens is 3. The Balaban J connectivity index is 0.00000420. The Morgan fingerprint density at radius 1 is 1.24 bits per heavy atom. The summed E-state index contributed by atoms with van der Waals surface area (Å²) in [6.07, 6.45) is -0.710. The first-order valence-corrected chi connectivity index (χ1v) is 9.46. The number of methoxy groups -OCH3 is 2. The van der Waals surface area contributed by atoms with E-state index in [2.05, 4.69) is 15.6 Å².